The molecule has 0 radical (unpaired) electrons. The number of phenolic OH excluding ortho intramolecular Hbond substituents is 1. The van der Waals surface area contributed by atoms with Gasteiger partial charge in [-0.25, -0.2) is 0 Å². The molecule has 0 aromatic heterocycles. The number of halogens is 2. The summed E-state index contributed by atoms with van der Waals surface area (Å²) >= 11 is 13.3. The third-order valence-electron chi connectivity index (χ3n) is 3.40. The van der Waals surface area contributed by atoms with E-state index in [0.717, 1.165) is 10.0 Å². The van der Waals surface area contributed by atoms with Crippen LogP contribution in [0.5, 0.6) is 5.75 Å². The summed E-state index contributed by atoms with van der Waals surface area (Å²) in [6.45, 7) is 0.441. The van der Waals surface area contributed by atoms with Crippen LogP contribution >= 0.6 is 55.8 Å². The fourth-order valence-electron chi connectivity index (χ4n) is 2.24. The number of phenols is 1. The number of nitrogens with zero attached hydrogens (tertiary/aromatic N) is 1. The third-order valence-corrected chi connectivity index (χ3v) is 5.84. The number of carbonyl (C=O) groups is 1. The lowest BCUT2D eigenvalue weighted by molar-refractivity contribution is -0.122. The lowest BCUT2D eigenvalue weighted by atomic mass is 10.2. The third kappa shape index (κ3) is 3.74. The molecule has 1 N–H and O–H groups in total. The maximum absolute atomic E-state index is 12.7. The van der Waals surface area contributed by atoms with E-state index in [1.807, 2.05) is 30.3 Å². The first-order valence-electron chi connectivity index (χ1n) is 6.93. The van der Waals surface area contributed by atoms with Crippen LogP contribution in [0.15, 0.2) is 56.3 Å². The lowest BCUT2D eigenvalue weighted by Crippen LogP contribution is -2.27. The molecular weight excluding hydrogens is 474 g/mol. The molecule has 3 nitrogen and oxygen atoms in total. The molecule has 1 aliphatic rings. The number of hydrogen-bond acceptors (Lipinski definition) is 4. The summed E-state index contributed by atoms with van der Waals surface area (Å²) in [6.07, 6.45) is 1.66. The van der Waals surface area contributed by atoms with Gasteiger partial charge in [-0.3, -0.25) is 9.69 Å². The van der Waals surface area contributed by atoms with Gasteiger partial charge < -0.3 is 5.11 Å². The molecule has 24 heavy (non-hydrogen) atoms. The molecule has 2 aromatic rings. The Morgan fingerprint density at radius 3 is 2.62 bits per heavy atom. The molecule has 1 saturated heterocycles. The number of thioether (sulfide) groups is 1. The summed E-state index contributed by atoms with van der Waals surface area (Å²) in [7, 11) is 0. The zero-order chi connectivity index (χ0) is 17.3. The van der Waals surface area contributed by atoms with Crippen molar-refractivity contribution in [2.45, 2.75) is 6.54 Å². The second-order valence-electron chi connectivity index (χ2n) is 5.08. The van der Waals surface area contributed by atoms with E-state index in [1.165, 1.54) is 11.8 Å². The van der Waals surface area contributed by atoms with Gasteiger partial charge >= 0.3 is 0 Å². The van der Waals surface area contributed by atoms with Crippen molar-refractivity contribution >= 4 is 72.1 Å². The maximum atomic E-state index is 12.7. The number of carbonyl (C=O) groups excluding carboxylic acids is 1. The summed E-state index contributed by atoms with van der Waals surface area (Å²) in [5.74, 6) is -0.0594. The Bertz CT molecular complexity index is 853. The van der Waals surface area contributed by atoms with E-state index < -0.39 is 0 Å². The van der Waals surface area contributed by atoms with Gasteiger partial charge in [0, 0.05) is 10.0 Å². The Hall–Kier alpha value is -1.15. The largest absolute Gasteiger partial charge is 0.506 e. The monoisotopic (exact) mass is 483 g/mol. The molecule has 1 aliphatic heterocycles. The van der Waals surface area contributed by atoms with Crippen LogP contribution in [0.4, 0.5) is 0 Å². The van der Waals surface area contributed by atoms with Crippen LogP contribution in [0, 0.1) is 0 Å². The fraction of sp³-hybridized carbons (Fsp3) is 0.0588. The predicted molar refractivity (Wildman–Crippen MR) is 109 cm³/mol. The first-order valence-corrected chi connectivity index (χ1v) is 9.74. The van der Waals surface area contributed by atoms with Crippen LogP contribution < -0.4 is 0 Å². The molecule has 122 valence electrons. The molecule has 0 atom stereocenters. The summed E-state index contributed by atoms with van der Waals surface area (Å²) in [6, 6.07) is 13.2. The van der Waals surface area contributed by atoms with Crippen molar-refractivity contribution < 1.29 is 9.90 Å². The van der Waals surface area contributed by atoms with Gasteiger partial charge in [-0.1, -0.05) is 70.2 Å². The zero-order valence-electron chi connectivity index (χ0n) is 12.2. The average Bonchev–Trinajstić information content (AvgIpc) is 2.81. The van der Waals surface area contributed by atoms with Crippen LogP contribution in [0.2, 0.25) is 0 Å². The van der Waals surface area contributed by atoms with E-state index in [9.17, 15) is 9.90 Å². The Morgan fingerprint density at radius 2 is 1.92 bits per heavy atom. The van der Waals surface area contributed by atoms with Crippen LogP contribution in [-0.2, 0) is 11.3 Å². The Kier molecular flexibility index (Phi) is 5.44. The van der Waals surface area contributed by atoms with Crippen molar-refractivity contribution in [1.82, 2.24) is 4.90 Å². The smallest absolute Gasteiger partial charge is 0.266 e. The highest BCUT2D eigenvalue weighted by molar-refractivity contribution is 9.11. The van der Waals surface area contributed by atoms with Crippen molar-refractivity contribution in [2.75, 3.05) is 0 Å². The number of rotatable bonds is 3. The number of amides is 1. The van der Waals surface area contributed by atoms with Gasteiger partial charge in [0.15, 0.2) is 0 Å². The van der Waals surface area contributed by atoms with Gasteiger partial charge in [-0.05, 0) is 39.7 Å². The standard InChI is InChI=1S/C17H11Br2NO2S2/c18-12-6-11(15(21)13(19)8-12)7-14-16(22)20(17(23)24-14)9-10-4-2-1-3-5-10/h1-8,21H,9H2/b14-7+. The first kappa shape index (κ1) is 17.7. The highest BCUT2D eigenvalue weighted by atomic mass is 79.9. The maximum Gasteiger partial charge on any atom is 0.266 e. The van der Waals surface area contributed by atoms with Gasteiger partial charge in [0.05, 0.1) is 15.9 Å². The SMILES string of the molecule is O=C1/C(=C\c2cc(Br)cc(Br)c2O)SC(=S)N1Cc1ccccc1. The lowest BCUT2D eigenvalue weighted by Gasteiger charge is -2.14. The Morgan fingerprint density at radius 1 is 1.21 bits per heavy atom. The molecule has 1 fully saturated rings. The van der Waals surface area contributed by atoms with Crippen molar-refractivity contribution in [3.8, 4) is 5.75 Å². The highest BCUT2D eigenvalue weighted by Crippen LogP contribution is 2.38. The minimum Gasteiger partial charge on any atom is -0.506 e. The van der Waals surface area contributed by atoms with E-state index in [4.69, 9.17) is 12.2 Å². The second-order valence-corrected chi connectivity index (χ2v) is 8.52. The summed E-state index contributed by atoms with van der Waals surface area (Å²) in [4.78, 5) is 14.7. The molecule has 0 aliphatic carbocycles. The topological polar surface area (TPSA) is 40.5 Å². The average molecular weight is 485 g/mol. The van der Waals surface area contributed by atoms with Crippen LogP contribution in [0.25, 0.3) is 6.08 Å². The minimum atomic E-state index is -0.149. The first-order chi connectivity index (χ1) is 11.5. The number of benzene rings is 2. The molecule has 0 spiro atoms. The number of hydrogen-bond donors (Lipinski definition) is 1. The fourth-order valence-corrected chi connectivity index (χ4v) is 4.74. The molecule has 0 unspecified atom stereocenters. The normalized spacial score (nSPS) is 16.2. The number of aromatic hydroxyl groups is 1. The van der Waals surface area contributed by atoms with Crippen LogP contribution in [0.3, 0.4) is 0 Å². The number of thiocarbonyl (C=S) groups is 1. The van der Waals surface area contributed by atoms with E-state index in [-0.39, 0.29) is 11.7 Å². The molecule has 3 rings (SSSR count). The van der Waals surface area contributed by atoms with Crippen molar-refractivity contribution in [3.05, 3.63) is 67.4 Å². The zero-order valence-corrected chi connectivity index (χ0v) is 17.0. The van der Waals surface area contributed by atoms with Crippen molar-refractivity contribution in [2.24, 2.45) is 0 Å². The summed E-state index contributed by atoms with van der Waals surface area (Å²) < 4.78 is 1.88. The van der Waals surface area contributed by atoms with Crippen LogP contribution in [0.1, 0.15) is 11.1 Å². The molecule has 7 heteroatoms. The van der Waals surface area contributed by atoms with E-state index >= 15 is 0 Å². The van der Waals surface area contributed by atoms with Crippen LogP contribution in [-0.4, -0.2) is 20.2 Å². The molecule has 1 amide bonds. The minimum absolute atomic E-state index is 0.0894. The molecule has 0 bridgehead atoms. The summed E-state index contributed by atoms with van der Waals surface area (Å²) in [5, 5.41) is 10.2. The summed E-state index contributed by atoms with van der Waals surface area (Å²) in [5.41, 5.74) is 1.57. The predicted octanol–water partition coefficient (Wildman–Crippen LogP) is 5.32. The van der Waals surface area contributed by atoms with Gasteiger partial charge in [-0.15, -0.1) is 0 Å². The van der Waals surface area contributed by atoms with Gasteiger partial charge in [0.25, 0.3) is 5.91 Å². The van der Waals surface area contributed by atoms with E-state index in [2.05, 4.69) is 31.9 Å². The Labute approximate surface area is 166 Å². The molecule has 1 heterocycles. The molecular formula is C17H11Br2NO2S2. The van der Waals surface area contributed by atoms with E-state index in [0.29, 0.717) is 25.8 Å². The van der Waals surface area contributed by atoms with E-state index in [1.54, 1.807) is 23.1 Å². The molecule has 2 aromatic carbocycles. The quantitative estimate of drug-likeness (QED) is 0.472. The van der Waals surface area contributed by atoms with Gasteiger partial charge in [0.1, 0.15) is 10.1 Å². The highest BCUT2D eigenvalue weighted by Gasteiger charge is 2.32. The molecule has 0 saturated carbocycles. The van der Waals surface area contributed by atoms with Crippen molar-refractivity contribution in [1.29, 1.82) is 0 Å². The second kappa shape index (κ2) is 7.39. The van der Waals surface area contributed by atoms with Gasteiger partial charge in [0.2, 0.25) is 0 Å². The Balaban J connectivity index is 1.89. The van der Waals surface area contributed by atoms with Crippen molar-refractivity contribution in [3.63, 3.8) is 0 Å². The van der Waals surface area contributed by atoms with Gasteiger partial charge in [-0.2, -0.15) is 0 Å².